The van der Waals surface area contributed by atoms with E-state index in [1.54, 1.807) is 30.2 Å². The van der Waals surface area contributed by atoms with E-state index in [1.807, 2.05) is 55.5 Å². The van der Waals surface area contributed by atoms with Gasteiger partial charge in [0.1, 0.15) is 0 Å². The smallest absolute Gasteiger partial charge is 0.315 e. The summed E-state index contributed by atoms with van der Waals surface area (Å²) in [5, 5.41) is 15.6. The Morgan fingerprint density at radius 1 is 1.00 bits per heavy atom. The van der Waals surface area contributed by atoms with Crippen LogP contribution in [0.15, 0.2) is 72.1 Å². The number of hydrogen-bond acceptors (Lipinski definition) is 7. The summed E-state index contributed by atoms with van der Waals surface area (Å²) in [6, 6.07) is 17.3. The van der Waals surface area contributed by atoms with Crippen LogP contribution in [0.2, 0.25) is 0 Å². The Balaban J connectivity index is 1.46. The molecule has 1 aliphatic heterocycles. The highest BCUT2D eigenvalue weighted by Gasteiger charge is 2.32. The van der Waals surface area contributed by atoms with Gasteiger partial charge in [-0.25, -0.2) is 14.8 Å². The molecule has 3 atom stereocenters. The Morgan fingerprint density at radius 2 is 1.69 bits per heavy atom. The molecular weight excluding hydrogens is 464 g/mol. The number of aliphatic hydroxyl groups excluding tert-OH is 1. The van der Waals surface area contributed by atoms with Gasteiger partial charge in [-0.05, 0) is 29.7 Å². The number of aliphatic hydroxyl groups is 1. The zero-order chi connectivity index (χ0) is 24.5. The van der Waals surface area contributed by atoms with E-state index in [0.29, 0.717) is 30.4 Å². The third kappa shape index (κ3) is 7.25. The second-order valence-corrected chi connectivity index (χ2v) is 9.13. The van der Waals surface area contributed by atoms with Crippen molar-refractivity contribution in [3.05, 3.63) is 89.2 Å². The first kappa shape index (κ1) is 25.1. The molecule has 4 rings (SSSR count). The molecule has 0 saturated carbocycles. The van der Waals surface area contributed by atoms with E-state index < -0.39 is 6.29 Å². The van der Waals surface area contributed by atoms with Crippen molar-refractivity contribution in [1.82, 2.24) is 20.6 Å². The van der Waals surface area contributed by atoms with Gasteiger partial charge in [-0.2, -0.15) is 0 Å². The molecule has 3 unspecified atom stereocenters. The van der Waals surface area contributed by atoms with Gasteiger partial charge in [0.15, 0.2) is 11.4 Å². The first-order chi connectivity index (χ1) is 17.1. The molecule has 1 saturated heterocycles. The minimum atomic E-state index is -0.529. The lowest BCUT2D eigenvalue weighted by atomic mass is 10.0. The standard InChI is InChI=1S/C26H30N4O4S/c1-2-27-25(32)30-15-18-4-10-21(11-5-18)24-33-22(17-35-26-28-12-3-13-29-26)14-23(34-24)20-8-6-19(16-31)7-9-20/h3-13,22-24,31H,2,14-17H2,1H3,(H2,27,30,32). The number of benzene rings is 2. The van der Waals surface area contributed by atoms with Crippen LogP contribution in [-0.2, 0) is 22.6 Å². The summed E-state index contributed by atoms with van der Waals surface area (Å²) in [7, 11) is 0. The fourth-order valence-corrected chi connectivity index (χ4v) is 4.57. The largest absolute Gasteiger partial charge is 0.392 e. The molecule has 0 spiro atoms. The maximum absolute atomic E-state index is 11.7. The van der Waals surface area contributed by atoms with Gasteiger partial charge < -0.3 is 25.2 Å². The fraction of sp³-hybridized carbons (Fsp3) is 0.346. The molecule has 35 heavy (non-hydrogen) atoms. The van der Waals surface area contributed by atoms with Crippen molar-refractivity contribution in [3.63, 3.8) is 0 Å². The first-order valence-electron chi connectivity index (χ1n) is 11.7. The summed E-state index contributed by atoms with van der Waals surface area (Å²) in [6.45, 7) is 2.91. The minimum Gasteiger partial charge on any atom is -0.392 e. The summed E-state index contributed by atoms with van der Waals surface area (Å²) >= 11 is 1.56. The number of nitrogens with zero attached hydrogens (tertiary/aromatic N) is 2. The van der Waals surface area contributed by atoms with E-state index in [1.165, 1.54) is 0 Å². The van der Waals surface area contributed by atoms with Crippen LogP contribution in [0, 0.1) is 0 Å². The van der Waals surface area contributed by atoms with E-state index in [-0.39, 0.29) is 24.8 Å². The molecule has 0 aliphatic carbocycles. The highest BCUT2D eigenvalue weighted by Crippen LogP contribution is 2.39. The van der Waals surface area contributed by atoms with Crippen LogP contribution in [0.5, 0.6) is 0 Å². The summed E-state index contributed by atoms with van der Waals surface area (Å²) in [6.07, 6.45) is 3.42. The number of rotatable bonds is 9. The lowest BCUT2D eigenvalue weighted by Crippen LogP contribution is -2.34. The number of hydrogen-bond donors (Lipinski definition) is 3. The van der Waals surface area contributed by atoms with Crippen molar-refractivity contribution < 1.29 is 19.4 Å². The second-order valence-electron chi connectivity index (χ2n) is 8.15. The lowest BCUT2D eigenvalue weighted by Gasteiger charge is -2.36. The second kappa shape index (κ2) is 12.6. The molecule has 0 bridgehead atoms. The SMILES string of the molecule is CCNC(=O)NCc1ccc(C2OC(CSc3ncccn3)CC(c3ccc(CO)cc3)O2)cc1. The van der Waals surface area contributed by atoms with Crippen molar-refractivity contribution in [2.45, 2.75) is 50.2 Å². The zero-order valence-corrected chi connectivity index (χ0v) is 20.4. The van der Waals surface area contributed by atoms with Gasteiger partial charge in [-0.3, -0.25) is 0 Å². The van der Waals surface area contributed by atoms with Crippen LogP contribution in [-0.4, -0.2) is 39.5 Å². The van der Waals surface area contributed by atoms with Crippen LogP contribution >= 0.6 is 11.8 Å². The number of aromatic nitrogens is 2. The zero-order valence-electron chi connectivity index (χ0n) is 19.6. The molecule has 1 aromatic heterocycles. The third-order valence-corrected chi connectivity index (χ3v) is 6.61. The van der Waals surface area contributed by atoms with Gasteiger partial charge in [-0.15, -0.1) is 0 Å². The van der Waals surface area contributed by atoms with Crippen LogP contribution < -0.4 is 10.6 Å². The maximum atomic E-state index is 11.7. The first-order valence-corrected chi connectivity index (χ1v) is 12.6. The quantitative estimate of drug-likeness (QED) is 0.303. The van der Waals surface area contributed by atoms with E-state index in [9.17, 15) is 9.90 Å². The number of nitrogens with one attached hydrogen (secondary N) is 2. The summed E-state index contributed by atoms with van der Waals surface area (Å²) in [5.41, 5.74) is 3.81. The molecule has 1 aliphatic rings. The minimum absolute atomic E-state index is 0.00912. The van der Waals surface area contributed by atoms with Gasteiger partial charge in [-0.1, -0.05) is 60.3 Å². The topological polar surface area (TPSA) is 106 Å². The molecule has 3 aromatic rings. The number of ether oxygens (including phenoxy) is 2. The van der Waals surface area contributed by atoms with Gasteiger partial charge in [0.05, 0.1) is 18.8 Å². The number of thioether (sulfide) groups is 1. The van der Waals surface area contributed by atoms with Crippen LogP contribution in [0.4, 0.5) is 4.79 Å². The van der Waals surface area contributed by atoms with Crippen molar-refractivity contribution in [2.24, 2.45) is 0 Å². The van der Waals surface area contributed by atoms with E-state index in [0.717, 1.165) is 22.3 Å². The predicted molar refractivity (Wildman–Crippen MR) is 134 cm³/mol. The Bertz CT molecular complexity index is 1070. The number of carbonyl (C=O) groups excluding carboxylic acids is 1. The summed E-state index contributed by atoms with van der Waals surface area (Å²) in [4.78, 5) is 20.2. The van der Waals surface area contributed by atoms with Crippen LogP contribution in [0.3, 0.4) is 0 Å². The molecule has 2 aromatic carbocycles. The monoisotopic (exact) mass is 494 g/mol. The Kier molecular flexibility index (Phi) is 9.08. The van der Waals surface area contributed by atoms with Crippen molar-refractivity contribution >= 4 is 17.8 Å². The molecule has 8 nitrogen and oxygen atoms in total. The molecule has 2 heterocycles. The predicted octanol–water partition coefficient (Wildman–Crippen LogP) is 4.13. The van der Waals surface area contributed by atoms with Gasteiger partial charge in [0.2, 0.25) is 0 Å². The lowest BCUT2D eigenvalue weighted by molar-refractivity contribution is -0.245. The van der Waals surface area contributed by atoms with Gasteiger partial charge in [0, 0.05) is 43.2 Å². The Morgan fingerprint density at radius 3 is 2.37 bits per heavy atom. The van der Waals surface area contributed by atoms with Crippen LogP contribution in [0.25, 0.3) is 0 Å². The number of carbonyl (C=O) groups is 1. The van der Waals surface area contributed by atoms with Crippen molar-refractivity contribution in [2.75, 3.05) is 12.3 Å². The van der Waals surface area contributed by atoms with Gasteiger partial charge in [0.25, 0.3) is 0 Å². The Hall–Kier alpha value is -2.98. The van der Waals surface area contributed by atoms with Gasteiger partial charge >= 0.3 is 6.03 Å². The molecule has 9 heteroatoms. The molecule has 3 N–H and O–H groups in total. The molecule has 2 amide bonds. The normalized spacial score (nSPS) is 19.8. The van der Waals surface area contributed by atoms with Crippen LogP contribution in [0.1, 0.15) is 48.0 Å². The number of amides is 2. The third-order valence-electron chi connectivity index (χ3n) is 5.60. The molecular formula is C26H30N4O4S. The summed E-state index contributed by atoms with van der Waals surface area (Å²) in [5.74, 6) is 0.698. The average molecular weight is 495 g/mol. The fourth-order valence-electron chi connectivity index (χ4n) is 3.75. The average Bonchev–Trinajstić information content (AvgIpc) is 2.92. The molecule has 1 fully saturated rings. The molecule has 0 radical (unpaired) electrons. The van der Waals surface area contributed by atoms with E-state index >= 15 is 0 Å². The van der Waals surface area contributed by atoms with E-state index in [4.69, 9.17) is 9.47 Å². The maximum Gasteiger partial charge on any atom is 0.315 e. The van der Waals surface area contributed by atoms with Crippen molar-refractivity contribution in [1.29, 1.82) is 0 Å². The Labute approximate surface area is 209 Å². The highest BCUT2D eigenvalue weighted by atomic mass is 32.2. The number of urea groups is 1. The van der Waals surface area contributed by atoms with E-state index in [2.05, 4.69) is 20.6 Å². The highest BCUT2D eigenvalue weighted by molar-refractivity contribution is 7.99. The summed E-state index contributed by atoms with van der Waals surface area (Å²) < 4.78 is 12.7. The van der Waals surface area contributed by atoms with Crippen molar-refractivity contribution in [3.8, 4) is 0 Å². The molecule has 184 valence electrons.